The zero-order valence-corrected chi connectivity index (χ0v) is 14.4. The fraction of sp³-hybridized carbons (Fsp3) is 0.167. The largest absolute Gasteiger partial charge is 0.461 e. The summed E-state index contributed by atoms with van der Waals surface area (Å²) in [5, 5.41) is 9.36. The van der Waals surface area contributed by atoms with E-state index >= 15 is 0 Å². The molecule has 0 atom stereocenters. The first kappa shape index (κ1) is 15.7. The highest BCUT2D eigenvalue weighted by Crippen LogP contribution is 2.27. The summed E-state index contributed by atoms with van der Waals surface area (Å²) < 4.78 is 13.0. The van der Waals surface area contributed by atoms with Crippen LogP contribution in [-0.4, -0.2) is 19.7 Å². The monoisotopic (exact) mass is 352 g/mol. The molecular formula is C18H16N4O2S. The fourth-order valence-corrected chi connectivity index (χ4v) is 3.37. The molecule has 0 aliphatic rings. The molecule has 0 unspecified atom stereocenters. The van der Waals surface area contributed by atoms with E-state index in [1.54, 1.807) is 24.3 Å². The lowest BCUT2D eigenvalue weighted by Gasteiger charge is -2.04. The summed E-state index contributed by atoms with van der Waals surface area (Å²) in [6, 6.07) is 13.6. The molecule has 3 heterocycles. The van der Waals surface area contributed by atoms with Gasteiger partial charge in [-0.3, -0.25) is 4.57 Å². The van der Waals surface area contributed by atoms with Crippen molar-refractivity contribution in [1.82, 2.24) is 19.7 Å². The average Bonchev–Trinajstić information content (AvgIpc) is 3.39. The second kappa shape index (κ2) is 6.98. The number of benzene rings is 1. The summed E-state index contributed by atoms with van der Waals surface area (Å²) in [6.45, 7) is 2.82. The minimum atomic E-state index is 0.629. The number of nitrogens with zero attached hydrogens (tertiary/aromatic N) is 4. The number of aromatic nitrogens is 4. The maximum atomic E-state index is 5.58. The minimum Gasteiger partial charge on any atom is -0.461 e. The number of furan rings is 1. The van der Waals surface area contributed by atoms with Crippen LogP contribution < -0.4 is 0 Å². The van der Waals surface area contributed by atoms with Crippen LogP contribution in [0, 0.1) is 0 Å². The van der Waals surface area contributed by atoms with Gasteiger partial charge in [0.05, 0.1) is 12.0 Å². The van der Waals surface area contributed by atoms with Gasteiger partial charge in [0.25, 0.3) is 0 Å². The van der Waals surface area contributed by atoms with Crippen LogP contribution in [0.5, 0.6) is 0 Å². The molecule has 0 aliphatic carbocycles. The zero-order chi connectivity index (χ0) is 17.1. The summed E-state index contributed by atoms with van der Waals surface area (Å²) >= 11 is 1.58. The average molecular weight is 352 g/mol. The molecular weight excluding hydrogens is 336 g/mol. The van der Waals surface area contributed by atoms with E-state index in [9.17, 15) is 0 Å². The van der Waals surface area contributed by atoms with Crippen molar-refractivity contribution in [2.45, 2.75) is 24.4 Å². The minimum absolute atomic E-state index is 0.629. The molecule has 0 saturated carbocycles. The maximum absolute atomic E-state index is 5.58. The van der Waals surface area contributed by atoms with Crippen LogP contribution in [0.2, 0.25) is 0 Å². The number of hydrogen-bond acceptors (Lipinski definition) is 6. The molecule has 0 amide bonds. The van der Waals surface area contributed by atoms with Gasteiger partial charge in [0.15, 0.2) is 16.7 Å². The molecule has 0 fully saturated rings. The van der Waals surface area contributed by atoms with Crippen molar-refractivity contribution in [2.24, 2.45) is 0 Å². The van der Waals surface area contributed by atoms with Crippen molar-refractivity contribution >= 4 is 11.8 Å². The Balaban J connectivity index is 1.50. The van der Waals surface area contributed by atoms with E-state index in [1.165, 1.54) is 0 Å². The van der Waals surface area contributed by atoms with E-state index in [1.807, 2.05) is 47.0 Å². The molecule has 0 bridgehead atoms. The Labute approximate surface area is 148 Å². The Morgan fingerprint density at radius 2 is 1.92 bits per heavy atom. The van der Waals surface area contributed by atoms with Gasteiger partial charge >= 0.3 is 0 Å². The summed E-state index contributed by atoms with van der Waals surface area (Å²) in [6.07, 6.45) is 3.33. The lowest BCUT2D eigenvalue weighted by Crippen LogP contribution is -1.99. The Kier molecular flexibility index (Phi) is 4.39. The molecule has 0 spiro atoms. The van der Waals surface area contributed by atoms with Gasteiger partial charge in [-0.2, -0.15) is 0 Å². The van der Waals surface area contributed by atoms with Crippen molar-refractivity contribution in [3.63, 3.8) is 0 Å². The third-order valence-corrected chi connectivity index (χ3v) is 4.70. The van der Waals surface area contributed by atoms with Gasteiger partial charge in [0.2, 0.25) is 5.89 Å². The van der Waals surface area contributed by atoms with Crippen molar-refractivity contribution < 1.29 is 8.83 Å². The quantitative estimate of drug-likeness (QED) is 0.476. The third-order valence-electron chi connectivity index (χ3n) is 3.70. The second-order valence-electron chi connectivity index (χ2n) is 5.33. The summed E-state index contributed by atoms with van der Waals surface area (Å²) in [4.78, 5) is 4.54. The van der Waals surface area contributed by atoms with Crippen LogP contribution in [0.3, 0.4) is 0 Å². The number of rotatable bonds is 6. The molecule has 25 heavy (non-hydrogen) atoms. The zero-order valence-electron chi connectivity index (χ0n) is 13.6. The molecule has 0 radical (unpaired) electrons. The molecule has 1 aromatic carbocycles. The van der Waals surface area contributed by atoms with E-state index in [4.69, 9.17) is 8.83 Å². The summed E-state index contributed by atoms with van der Waals surface area (Å²) in [7, 11) is 0. The van der Waals surface area contributed by atoms with Crippen LogP contribution in [0.15, 0.2) is 69.0 Å². The SMILES string of the molecule is CCn1c(SCc2coc(-c3ccccc3)n2)nnc1-c1ccco1. The molecule has 0 N–H and O–H groups in total. The molecule has 0 saturated heterocycles. The highest BCUT2D eigenvalue weighted by molar-refractivity contribution is 7.98. The van der Waals surface area contributed by atoms with Gasteiger partial charge in [0.1, 0.15) is 6.26 Å². The van der Waals surface area contributed by atoms with Gasteiger partial charge in [-0.05, 0) is 31.2 Å². The highest BCUT2D eigenvalue weighted by Gasteiger charge is 2.16. The van der Waals surface area contributed by atoms with Crippen LogP contribution in [0.1, 0.15) is 12.6 Å². The van der Waals surface area contributed by atoms with E-state index in [2.05, 4.69) is 22.1 Å². The van der Waals surface area contributed by atoms with Crippen molar-refractivity contribution in [1.29, 1.82) is 0 Å². The van der Waals surface area contributed by atoms with Gasteiger partial charge in [-0.25, -0.2) is 4.98 Å². The van der Waals surface area contributed by atoms with Crippen LogP contribution in [0.4, 0.5) is 0 Å². The van der Waals surface area contributed by atoms with Crippen molar-refractivity contribution in [3.8, 4) is 23.0 Å². The number of thioether (sulfide) groups is 1. The molecule has 7 heteroatoms. The summed E-state index contributed by atoms with van der Waals surface area (Å²) in [5.74, 6) is 2.74. The molecule has 4 rings (SSSR count). The Morgan fingerprint density at radius 3 is 2.68 bits per heavy atom. The Morgan fingerprint density at radius 1 is 1.04 bits per heavy atom. The van der Waals surface area contributed by atoms with Crippen LogP contribution in [-0.2, 0) is 12.3 Å². The first-order valence-corrected chi connectivity index (χ1v) is 8.93. The molecule has 4 aromatic rings. The topological polar surface area (TPSA) is 69.9 Å². The predicted molar refractivity (Wildman–Crippen MR) is 94.9 cm³/mol. The Hall–Kier alpha value is -2.80. The number of hydrogen-bond donors (Lipinski definition) is 0. The maximum Gasteiger partial charge on any atom is 0.226 e. The molecule has 6 nitrogen and oxygen atoms in total. The van der Waals surface area contributed by atoms with Gasteiger partial charge in [-0.1, -0.05) is 30.0 Å². The first-order valence-electron chi connectivity index (χ1n) is 7.95. The predicted octanol–water partition coefficient (Wildman–Crippen LogP) is 4.51. The normalized spacial score (nSPS) is 11.1. The van der Waals surface area contributed by atoms with E-state index in [-0.39, 0.29) is 0 Å². The third kappa shape index (κ3) is 3.23. The van der Waals surface area contributed by atoms with Crippen molar-refractivity contribution in [2.75, 3.05) is 0 Å². The highest BCUT2D eigenvalue weighted by atomic mass is 32.2. The number of oxazole rings is 1. The first-order chi connectivity index (χ1) is 12.3. The summed E-state index contributed by atoms with van der Waals surface area (Å²) in [5.41, 5.74) is 1.84. The van der Waals surface area contributed by atoms with E-state index in [0.29, 0.717) is 17.4 Å². The lowest BCUT2D eigenvalue weighted by atomic mass is 10.2. The second-order valence-corrected chi connectivity index (χ2v) is 6.27. The lowest BCUT2D eigenvalue weighted by molar-refractivity contribution is 0.567. The molecule has 0 aliphatic heterocycles. The smallest absolute Gasteiger partial charge is 0.226 e. The van der Waals surface area contributed by atoms with Crippen molar-refractivity contribution in [3.05, 3.63) is 60.7 Å². The fourth-order valence-electron chi connectivity index (χ4n) is 2.49. The Bertz CT molecular complexity index is 945. The molecule has 3 aromatic heterocycles. The molecule has 126 valence electrons. The van der Waals surface area contributed by atoms with Crippen LogP contribution in [0.25, 0.3) is 23.0 Å². The van der Waals surface area contributed by atoms with Gasteiger partial charge in [0, 0.05) is 17.9 Å². The van der Waals surface area contributed by atoms with Crippen LogP contribution >= 0.6 is 11.8 Å². The standard InChI is InChI=1S/C18H16N4O2S/c1-2-22-16(15-9-6-10-23-15)20-21-18(22)25-12-14-11-24-17(19-14)13-7-4-3-5-8-13/h3-11H,2,12H2,1H3. The van der Waals surface area contributed by atoms with E-state index < -0.39 is 0 Å². The van der Waals surface area contributed by atoms with Gasteiger partial charge in [-0.15, -0.1) is 10.2 Å². The van der Waals surface area contributed by atoms with E-state index in [0.717, 1.165) is 28.8 Å². The van der Waals surface area contributed by atoms with Gasteiger partial charge < -0.3 is 8.83 Å².